The van der Waals surface area contributed by atoms with Gasteiger partial charge >= 0.3 is 12.0 Å². The molecule has 104 valence electrons. The molecular weight excluding hydrogens is 254 g/mol. The van der Waals surface area contributed by atoms with Crippen LogP contribution in [-0.2, 0) is 14.4 Å². The molecule has 0 aromatic carbocycles. The van der Waals surface area contributed by atoms with Crippen LogP contribution in [-0.4, -0.2) is 40.5 Å². The zero-order chi connectivity index (χ0) is 14.0. The Morgan fingerprint density at radius 1 is 1.32 bits per heavy atom. The normalized spacial score (nSPS) is 24.9. The smallest absolute Gasteiger partial charge is 0.329 e. The number of carboxylic acid groups (broad SMARTS) is 1. The van der Waals surface area contributed by atoms with E-state index in [9.17, 15) is 19.2 Å². The molecule has 1 heterocycles. The summed E-state index contributed by atoms with van der Waals surface area (Å²) in [4.78, 5) is 45.1. The summed E-state index contributed by atoms with van der Waals surface area (Å²) >= 11 is 0. The fraction of sp³-hybridized carbons (Fsp3) is 0.636. The number of urea groups is 1. The Balaban J connectivity index is 1.89. The van der Waals surface area contributed by atoms with Crippen molar-refractivity contribution in [3.05, 3.63) is 0 Å². The van der Waals surface area contributed by atoms with Crippen LogP contribution in [0.15, 0.2) is 0 Å². The van der Waals surface area contributed by atoms with E-state index < -0.39 is 29.5 Å². The van der Waals surface area contributed by atoms with E-state index in [0.29, 0.717) is 12.8 Å². The number of aliphatic carboxylic acids is 1. The van der Waals surface area contributed by atoms with Crippen molar-refractivity contribution in [1.29, 1.82) is 0 Å². The number of amides is 4. The van der Waals surface area contributed by atoms with Crippen molar-refractivity contribution in [3.63, 3.8) is 0 Å². The van der Waals surface area contributed by atoms with Gasteiger partial charge in [0.2, 0.25) is 11.8 Å². The fourth-order valence-electron chi connectivity index (χ4n) is 2.17. The number of hydrogen-bond acceptors (Lipinski definition) is 4. The summed E-state index contributed by atoms with van der Waals surface area (Å²) in [5, 5.41) is 16.0. The Morgan fingerprint density at radius 3 is 2.47 bits per heavy atom. The van der Waals surface area contributed by atoms with E-state index in [1.165, 1.54) is 0 Å². The van der Waals surface area contributed by atoms with Crippen LogP contribution in [0.3, 0.4) is 0 Å². The van der Waals surface area contributed by atoms with Crippen molar-refractivity contribution < 1.29 is 24.3 Å². The summed E-state index contributed by atoms with van der Waals surface area (Å²) in [6.07, 6.45) is 1.88. The van der Waals surface area contributed by atoms with Gasteiger partial charge in [-0.05, 0) is 25.7 Å². The number of imide groups is 1. The number of carbonyl (C=O) groups excluding carboxylic acids is 3. The minimum atomic E-state index is -1.22. The lowest BCUT2D eigenvalue weighted by Gasteiger charge is -2.38. The van der Waals surface area contributed by atoms with Crippen molar-refractivity contribution in [2.45, 2.75) is 43.7 Å². The van der Waals surface area contributed by atoms with E-state index in [1.807, 2.05) is 0 Å². The van der Waals surface area contributed by atoms with Gasteiger partial charge in [-0.1, -0.05) is 0 Å². The van der Waals surface area contributed by atoms with Gasteiger partial charge in [-0.25, -0.2) is 9.59 Å². The first-order chi connectivity index (χ1) is 8.93. The Labute approximate surface area is 108 Å². The van der Waals surface area contributed by atoms with E-state index in [0.717, 1.165) is 6.42 Å². The molecule has 8 nitrogen and oxygen atoms in total. The van der Waals surface area contributed by atoms with Gasteiger partial charge in [0.25, 0.3) is 0 Å². The highest BCUT2D eigenvalue weighted by atomic mass is 16.4. The highest BCUT2D eigenvalue weighted by molar-refractivity contribution is 6.01. The van der Waals surface area contributed by atoms with E-state index in [1.54, 1.807) is 0 Å². The minimum absolute atomic E-state index is 0.154. The number of rotatable bonds is 3. The molecule has 19 heavy (non-hydrogen) atoms. The molecule has 4 N–H and O–H groups in total. The monoisotopic (exact) mass is 269 g/mol. The van der Waals surface area contributed by atoms with E-state index >= 15 is 0 Å². The van der Waals surface area contributed by atoms with Crippen LogP contribution in [0.25, 0.3) is 0 Å². The van der Waals surface area contributed by atoms with Gasteiger partial charge in [0.05, 0.1) is 0 Å². The summed E-state index contributed by atoms with van der Waals surface area (Å²) in [6.45, 7) is 0. The molecule has 0 radical (unpaired) electrons. The van der Waals surface area contributed by atoms with Crippen molar-refractivity contribution in [2.75, 3.05) is 0 Å². The number of carbonyl (C=O) groups is 4. The first kappa shape index (κ1) is 13.3. The second-order valence-corrected chi connectivity index (χ2v) is 4.84. The molecule has 1 atom stereocenters. The van der Waals surface area contributed by atoms with Crippen LogP contribution in [0, 0.1) is 0 Å². The lowest BCUT2D eigenvalue weighted by Crippen LogP contribution is -2.63. The number of piperidine rings is 1. The molecule has 2 aliphatic rings. The topological polar surface area (TPSA) is 125 Å². The highest BCUT2D eigenvalue weighted by Gasteiger charge is 2.46. The molecule has 1 aliphatic carbocycles. The van der Waals surface area contributed by atoms with Gasteiger partial charge in [-0.2, -0.15) is 0 Å². The zero-order valence-corrected chi connectivity index (χ0v) is 10.2. The first-order valence-corrected chi connectivity index (χ1v) is 6.09. The Hall–Kier alpha value is -2.12. The fourth-order valence-corrected chi connectivity index (χ4v) is 2.17. The van der Waals surface area contributed by atoms with Crippen LogP contribution in [0.1, 0.15) is 32.1 Å². The molecule has 2 rings (SSSR count). The average Bonchev–Trinajstić information content (AvgIpc) is 2.27. The predicted octanol–water partition coefficient (Wildman–Crippen LogP) is -0.902. The molecule has 2 fully saturated rings. The van der Waals surface area contributed by atoms with Gasteiger partial charge < -0.3 is 15.7 Å². The largest absolute Gasteiger partial charge is 0.480 e. The molecule has 0 aromatic rings. The SMILES string of the molecule is O=C1CCC(NC(=O)NC2(C(=O)O)CCC2)C(=O)N1. The van der Waals surface area contributed by atoms with Crippen molar-refractivity contribution in [2.24, 2.45) is 0 Å². The summed E-state index contributed by atoms with van der Waals surface area (Å²) in [5.41, 5.74) is -1.22. The average molecular weight is 269 g/mol. The second-order valence-electron chi connectivity index (χ2n) is 4.84. The minimum Gasteiger partial charge on any atom is -0.480 e. The lowest BCUT2D eigenvalue weighted by molar-refractivity contribution is -0.148. The van der Waals surface area contributed by atoms with E-state index in [2.05, 4.69) is 16.0 Å². The molecule has 0 bridgehead atoms. The molecule has 0 spiro atoms. The van der Waals surface area contributed by atoms with Gasteiger partial charge in [-0.15, -0.1) is 0 Å². The number of hydrogen-bond donors (Lipinski definition) is 4. The maximum absolute atomic E-state index is 11.7. The maximum Gasteiger partial charge on any atom is 0.329 e. The van der Waals surface area contributed by atoms with Gasteiger partial charge in [0.15, 0.2) is 0 Å². The van der Waals surface area contributed by atoms with Crippen LogP contribution in [0.5, 0.6) is 0 Å². The van der Waals surface area contributed by atoms with E-state index in [-0.39, 0.29) is 18.7 Å². The quantitative estimate of drug-likeness (QED) is 0.494. The Kier molecular flexibility index (Phi) is 3.41. The molecule has 1 saturated carbocycles. The molecule has 1 saturated heterocycles. The van der Waals surface area contributed by atoms with Crippen molar-refractivity contribution in [1.82, 2.24) is 16.0 Å². The molecule has 1 aliphatic heterocycles. The van der Waals surface area contributed by atoms with E-state index in [4.69, 9.17) is 5.11 Å². The van der Waals surface area contributed by atoms with Gasteiger partial charge in [-0.3, -0.25) is 14.9 Å². The van der Waals surface area contributed by atoms with Gasteiger partial charge in [0.1, 0.15) is 11.6 Å². The summed E-state index contributed by atoms with van der Waals surface area (Å²) < 4.78 is 0. The van der Waals surface area contributed by atoms with Crippen molar-refractivity contribution >= 4 is 23.8 Å². The third-order valence-corrected chi connectivity index (χ3v) is 3.51. The Morgan fingerprint density at radius 2 is 2.00 bits per heavy atom. The second kappa shape index (κ2) is 4.87. The molecule has 8 heteroatoms. The molecular formula is C11H15N3O5. The first-order valence-electron chi connectivity index (χ1n) is 6.09. The summed E-state index contributed by atoms with van der Waals surface area (Å²) in [6, 6.07) is -1.50. The number of carboxylic acids is 1. The molecule has 1 unspecified atom stereocenters. The summed E-state index contributed by atoms with van der Waals surface area (Å²) in [5.74, 6) is -2.01. The lowest BCUT2D eigenvalue weighted by atomic mass is 9.77. The van der Waals surface area contributed by atoms with Gasteiger partial charge in [0, 0.05) is 6.42 Å². The van der Waals surface area contributed by atoms with Crippen LogP contribution in [0.2, 0.25) is 0 Å². The van der Waals surface area contributed by atoms with Crippen LogP contribution < -0.4 is 16.0 Å². The predicted molar refractivity (Wildman–Crippen MR) is 62.1 cm³/mol. The molecule has 0 aromatic heterocycles. The van der Waals surface area contributed by atoms with Crippen molar-refractivity contribution in [3.8, 4) is 0 Å². The zero-order valence-electron chi connectivity index (χ0n) is 10.2. The molecule has 4 amide bonds. The number of nitrogens with one attached hydrogen (secondary N) is 3. The third kappa shape index (κ3) is 2.67. The maximum atomic E-state index is 11.7. The Bertz CT molecular complexity index is 444. The summed E-state index contributed by atoms with van der Waals surface area (Å²) in [7, 11) is 0. The van der Waals surface area contributed by atoms with Crippen LogP contribution >= 0.6 is 0 Å². The highest BCUT2D eigenvalue weighted by Crippen LogP contribution is 2.31. The standard InChI is InChI=1S/C11H15N3O5/c15-7-3-2-6(8(16)13-7)12-10(19)14-11(9(17)18)4-1-5-11/h6H,1-5H2,(H,17,18)(H2,12,14,19)(H,13,15,16). The third-order valence-electron chi connectivity index (χ3n) is 3.51. The van der Waals surface area contributed by atoms with Crippen LogP contribution in [0.4, 0.5) is 4.79 Å².